The highest BCUT2D eigenvalue weighted by atomic mass is 32.2. The van der Waals surface area contributed by atoms with Gasteiger partial charge in [-0.05, 0) is 30.7 Å². The fraction of sp³-hybridized carbons (Fsp3) is 0.312. The Hall–Kier alpha value is -1.39. The molecule has 1 heterocycles. The van der Waals surface area contributed by atoms with E-state index < -0.39 is 0 Å². The zero-order valence-corrected chi connectivity index (χ0v) is 12.4. The summed E-state index contributed by atoms with van der Waals surface area (Å²) in [5.41, 5.74) is 0.901. The van der Waals surface area contributed by atoms with Gasteiger partial charge in [0.05, 0.1) is 11.9 Å². The van der Waals surface area contributed by atoms with Gasteiger partial charge < -0.3 is 5.32 Å². The first kappa shape index (κ1) is 15.0. The quantitative estimate of drug-likeness (QED) is 0.615. The summed E-state index contributed by atoms with van der Waals surface area (Å²) in [6, 6.07) is 13.8. The maximum atomic E-state index is 12.9. The molecule has 2 aromatic rings. The molecule has 1 aromatic heterocycles. The first-order valence-electron chi connectivity index (χ1n) is 6.82. The minimum absolute atomic E-state index is 0.187. The van der Waals surface area contributed by atoms with Gasteiger partial charge in [0.2, 0.25) is 0 Å². The highest BCUT2D eigenvalue weighted by Crippen LogP contribution is 2.17. The molecule has 1 atom stereocenters. The van der Waals surface area contributed by atoms with Crippen LogP contribution in [0.3, 0.4) is 0 Å². The normalized spacial score (nSPS) is 12.3. The number of nitrogens with zero attached hydrogens (tertiary/aromatic N) is 1. The molecule has 2 rings (SSSR count). The van der Waals surface area contributed by atoms with E-state index in [2.05, 4.69) is 29.4 Å². The van der Waals surface area contributed by atoms with Crippen LogP contribution in [0.25, 0.3) is 0 Å². The van der Waals surface area contributed by atoms with E-state index in [1.54, 1.807) is 6.07 Å². The predicted molar refractivity (Wildman–Crippen MR) is 82.4 cm³/mol. The average molecular weight is 290 g/mol. The molecule has 20 heavy (non-hydrogen) atoms. The molecule has 0 aliphatic rings. The monoisotopic (exact) mass is 290 g/mol. The molecule has 2 nitrogen and oxygen atoms in total. The van der Waals surface area contributed by atoms with Crippen molar-refractivity contribution in [2.24, 2.45) is 0 Å². The van der Waals surface area contributed by atoms with Crippen LogP contribution in [-0.4, -0.2) is 17.3 Å². The van der Waals surface area contributed by atoms with Gasteiger partial charge in [0.25, 0.3) is 0 Å². The van der Waals surface area contributed by atoms with Gasteiger partial charge in [0.1, 0.15) is 5.82 Å². The van der Waals surface area contributed by atoms with Crippen LogP contribution in [0.1, 0.15) is 25.1 Å². The summed E-state index contributed by atoms with van der Waals surface area (Å²) in [6.45, 7) is 3.00. The van der Waals surface area contributed by atoms with Crippen LogP contribution in [0.15, 0.2) is 53.6 Å². The standard InChI is InChI=1S/C16H19FN2S/c1-2-15(16-9-8-13(17)12-19-16)18-10-11-20-14-6-4-3-5-7-14/h3-9,12,15,18H,2,10-11H2,1H3. The molecule has 106 valence electrons. The number of halogens is 1. The van der Waals surface area contributed by atoms with Crippen molar-refractivity contribution < 1.29 is 4.39 Å². The number of aromatic nitrogens is 1. The van der Waals surface area contributed by atoms with Crippen LogP contribution in [0.5, 0.6) is 0 Å². The minimum Gasteiger partial charge on any atom is -0.308 e. The number of benzene rings is 1. The molecular weight excluding hydrogens is 271 g/mol. The van der Waals surface area contributed by atoms with Crippen LogP contribution in [-0.2, 0) is 0 Å². The van der Waals surface area contributed by atoms with Crippen molar-refractivity contribution in [3.8, 4) is 0 Å². The molecule has 0 bridgehead atoms. The zero-order valence-electron chi connectivity index (χ0n) is 11.6. The van der Waals surface area contributed by atoms with Crippen LogP contribution in [0.2, 0.25) is 0 Å². The number of thioether (sulfide) groups is 1. The van der Waals surface area contributed by atoms with E-state index in [0.717, 1.165) is 24.4 Å². The van der Waals surface area contributed by atoms with Crippen LogP contribution in [0, 0.1) is 5.82 Å². The van der Waals surface area contributed by atoms with Gasteiger partial charge >= 0.3 is 0 Å². The number of nitrogens with one attached hydrogen (secondary N) is 1. The summed E-state index contributed by atoms with van der Waals surface area (Å²) in [5, 5.41) is 3.47. The SMILES string of the molecule is CCC(NCCSc1ccccc1)c1ccc(F)cn1. The van der Waals surface area contributed by atoms with Gasteiger partial charge in [-0.25, -0.2) is 4.39 Å². The fourth-order valence-corrected chi connectivity index (χ4v) is 2.78. The van der Waals surface area contributed by atoms with Crippen LogP contribution < -0.4 is 5.32 Å². The molecule has 0 aliphatic carbocycles. The Labute approximate surface area is 123 Å². The molecule has 0 fully saturated rings. The summed E-state index contributed by atoms with van der Waals surface area (Å²) in [7, 11) is 0. The Kier molecular flexibility index (Phi) is 6.02. The molecule has 0 aliphatic heterocycles. The van der Waals surface area contributed by atoms with Crippen molar-refractivity contribution in [2.45, 2.75) is 24.3 Å². The van der Waals surface area contributed by atoms with Gasteiger partial charge in [-0.15, -0.1) is 11.8 Å². The van der Waals surface area contributed by atoms with E-state index in [-0.39, 0.29) is 11.9 Å². The van der Waals surface area contributed by atoms with Gasteiger partial charge in [-0.2, -0.15) is 0 Å². The predicted octanol–water partition coefficient (Wildman–Crippen LogP) is 4.05. The highest BCUT2D eigenvalue weighted by molar-refractivity contribution is 7.99. The molecule has 4 heteroatoms. The summed E-state index contributed by atoms with van der Waals surface area (Å²) in [4.78, 5) is 5.42. The van der Waals surface area contributed by atoms with E-state index in [1.165, 1.54) is 17.2 Å². The van der Waals surface area contributed by atoms with E-state index in [4.69, 9.17) is 0 Å². The third-order valence-electron chi connectivity index (χ3n) is 3.02. The van der Waals surface area contributed by atoms with Crippen LogP contribution >= 0.6 is 11.8 Å². The minimum atomic E-state index is -0.289. The molecule has 1 aromatic carbocycles. The Bertz CT molecular complexity index is 502. The molecule has 1 N–H and O–H groups in total. The number of hydrogen-bond donors (Lipinski definition) is 1. The van der Waals surface area contributed by atoms with Crippen molar-refractivity contribution in [1.82, 2.24) is 10.3 Å². The average Bonchev–Trinajstić information content (AvgIpc) is 2.50. The fourth-order valence-electron chi connectivity index (χ4n) is 1.97. The molecule has 1 unspecified atom stereocenters. The van der Waals surface area contributed by atoms with Crippen molar-refractivity contribution in [2.75, 3.05) is 12.3 Å². The molecule has 0 radical (unpaired) electrons. The van der Waals surface area contributed by atoms with Crippen molar-refractivity contribution >= 4 is 11.8 Å². The van der Waals surface area contributed by atoms with E-state index in [9.17, 15) is 4.39 Å². The highest BCUT2D eigenvalue weighted by Gasteiger charge is 2.09. The van der Waals surface area contributed by atoms with E-state index in [1.807, 2.05) is 30.0 Å². The molecule has 0 amide bonds. The number of pyridine rings is 1. The first-order valence-corrected chi connectivity index (χ1v) is 7.81. The van der Waals surface area contributed by atoms with Crippen molar-refractivity contribution in [1.29, 1.82) is 0 Å². The van der Waals surface area contributed by atoms with Crippen molar-refractivity contribution in [3.05, 3.63) is 60.2 Å². The first-order chi connectivity index (χ1) is 9.79. The van der Waals surface area contributed by atoms with E-state index in [0.29, 0.717) is 0 Å². The molecule has 0 saturated carbocycles. The Morgan fingerprint density at radius 1 is 1.20 bits per heavy atom. The second kappa shape index (κ2) is 8.02. The summed E-state index contributed by atoms with van der Waals surface area (Å²) < 4.78 is 12.9. The molecule has 0 spiro atoms. The lowest BCUT2D eigenvalue weighted by Gasteiger charge is -2.16. The number of hydrogen-bond acceptors (Lipinski definition) is 3. The Morgan fingerprint density at radius 2 is 2.00 bits per heavy atom. The van der Waals surface area contributed by atoms with E-state index >= 15 is 0 Å². The lowest BCUT2D eigenvalue weighted by molar-refractivity contribution is 0.522. The van der Waals surface area contributed by atoms with Crippen LogP contribution in [0.4, 0.5) is 4.39 Å². The zero-order chi connectivity index (χ0) is 14.2. The maximum Gasteiger partial charge on any atom is 0.141 e. The second-order valence-electron chi connectivity index (χ2n) is 4.48. The Balaban J connectivity index is 1.78. The number of rotatable bonds is 7. The largest absolute Gasteiger partial charge is 0.308 e. The summed E-state index contributed by atoms with van der Waals surface area (Å²) in [6.07, 6.45) is 2.22. The Morgan fingerprint density at radius 3 is 2.65 bits per heavy atom. The lowest BCUT2D eigenvalue weighted by atomic mass is 10.1. The van der Waals surface area contributed by atoms with Gasteiger partial charge in [-0.3, -0.25) is 4.98 Å². The topological polar surface area (TPSA) is 24.9 Å². The summed E-state index contributed by atoms with van der Waals surface area (Å²) >= 11 is 1.83. The van der Waals surface area contributed by atoms with Gasteiger partial charge in [0, 0.05) is 23.2 Å². The second-order valence-corrected chi connectivity index (χ2v) is 5.65. The third kappa shape index (κ3) is 4.62. The van der Waals surface area contributed by atoms with Crippen molar-refractivity contribution in [3.63, 3.8) is 0 Å². The van der Waals surface area contributed by atoms with Gasteiger partial charge in [-0.1, -0.05) is 25.1 Å². The summed E-state index contributed by atoms with van der Waals surface area (Å²) in [5.74, 6) is 0.713. The molecule has 0 saturated heterocycles. The maximum absolute atomic E-state index is 12.9. The smallest absolute Gasteiger partial charge is 0.141 e. The third-order valence-corrected chi connectivity index (χ3v) is 4.03. The molecular formula is C16H19FN2S. The van der Waals surface area contributed by atoms with Gasteiger partial charge in [0.15, 0.2) is 0 Å². The lowest BCUT2D eigenvalue weighted by Crippen LogP contribution is -2.24.